The van der Waals surface area contributed by atoms with E-state index < -0.39 is 66.6 Å². The number of nitrogens with two attached hydrogens (primary N) is 1. The molecule has 2 aromatic carbocycles. The molecule has 0 bridgehead atoms. The first-order valence-corrected chi connectivity index (χ1v) is 14.1. The molecule has 1 aliphatic heterocycles. The van der Waals surface area contributed by atoms with Gasteiger partial charge in [-0.15, -0.1) is 0 Å². The number of rotatable bonds is 9. The van der Waals surface area contributed by atoms with Crippen molar-refractivity contribution in [3.05, 3.63) is 65.0 Å². The lowest BCUT2D eigenvalue weighted by molar-refractivity contribution is -0.196. The van der Waals surface area contributed by atoms with E-state index in [0.29, 0.717) is 33.0 Å². The smallest absolute Gasteiger partial charge is 0.418 e. The first-order valence-electron chi connectivity index (χ1n) is 14.1. The number of nitrogens with one attached hydrogen (secondary N) is 1. The van der Waals surface area contributed by atoms with Gasteiger partial charge in [-0.25, -0.2) is 14.1 Å². The molecule has 2 aromatic rings. The van der Waals surface area contributed by atoms with Crippen LogP contribution in [0, 0.1) is 17.7 Å². The van der Waals surface area contributed by atoms with Crippen molar-refractivity contribution in [1.82, 2.24) is 9.80 Å². The Morgan fingerprint density at radius 2 is 1.81 bits per heavy atom. The molecule has 230 valence electrons. The summed E-state index contributed by atoms with van der Waals surface area (Å²) in [7, 11) is 0. The van der Waals surface area contributed by atoms with Crippen molar-refractivity contribution in [2.45, 2.75) is 69.9 Å². The van der Waals surface area contributed by atoms with Gasteiger partial charge in [-0.3, -0.25) is 14.4 Å². The second kappa shape index (κ2) is 11.3. The minimum atomic E-state index is -4.76. The molecule has 2 fully saturated rings. The lowest BCUT2D eigenvalue weighted by Gasteiger charge is -2.34. The number of carbonyl (C=O) groups excluding carboxylic acids is 4. The van der Waals surface area contributed by atoms with Gasteiger partial charge in [0.15, 0.2) is 0 Å². The first-order chi connectivity index (χ1) is 20.2. The van der Waals surface area contributed by atoms with Gasteiger partial charge in [0.2, 0.25) is 17.4 Å². The summed E-state index contributed by atoms with van der Waals surface area (Å²) in [5.41, 5.74) is 5.89. The van der Waals surface area contributed by atoms with E-state index in [0.717, 1.165) is 12.1 Å². The Kier molecular flexibility index (Phi) is 7.97. The molecular weight excluding hydrogens is 572 g/mol. The first kappa shape index (κ1) is 30.5. The Morgan fingerprint density at radius 3 is 2.42 bits per heavy atom. The lowest BCUT2D eigenvalue weighted by atomic mass is 9.94. The standard InChI is InChI=1S/C30H32F4N4O5/c1-16(2)24(35)26(40)36-21-9-10-22-19(13-21)11-12-29(22)27(41)38(28(42)43-29)15-23(39)37(14-17-3-7-20(31)8-4-17)25(18-5-6-18)30(32,33)34/h3-4,7-10,13,16,18,24-25H,5-6,11-12,14-15,35H2,1-2H3,(H,36,40)/t24?,25?,29-/m1/s1. The topological polar surface area (TPSA) is 122 Å². The molecule has 13 heteroatoms. The average Bonchev–Trinajstić information content (AvgIpc) is 3.66. The van der Waals surface area contributed by atoms with Crippen LogP contribution in [0.1, 0.15) is 49.8 Å². The van der Waals surface area contributed by atoms with E-state index in [4.69, 9.17) is 10.5 Å². The summed E-state index contributed by atoms with van der Waals surface area (Å²) in [5.74, 6) is -3.81. The SMILES string of the molecule is CC(C)C(N)C(=O)Nc1ccc2c(c1)CC[C@@]21OC(=O)N(CC(=O)N(Cc2ccc(F)cc2)C(C2CC2)C(F)(F)F)C1=O. The minimum Gasteiger partial charge on any atom is -0.427 e. The number of alkyl halides is 3. The van der Waals surface area contributed by atoms with E-state index in [1.165, 1.54) is 12.1 Å². The molecule has 4 amide bonds. The van der Waals surface area contributed by atoms with Crippen molar-refractivity contribution in [3.63, 3.8) is 0 Å². The van der Waals surface area contributed by atoms with Crippen molar-refractivity contribution in [2.75, 3.05) is 11.9 Å². The summed E-state index contributed by atoms with van der Waals surface area (Å²) in [6.45, 7) is 2.19. The number of amides is 4. The van der Waals surface area contributed by atoms with Gasteiger partial charge in [0.05, 0.1) is 6.04 Å². The summed E-state index contributed by atoms with van der Waals surface area (Å²) >= 11 is 0. The van der Waals surface area contributed by atoms with Crippen molar-refractivity contribution >= 4 is 29.5 Å². The molecular formula is C30H32F4N4O5. The molecule has 0 radical (unpaired) electrons. The van der Waals surface area contributed by atoms with Crippen molar-refractivity contribution in [2.24, 2.45) is 17.6 Å². The normalized spacial score (nSPS) is 21.2. The number of benzene rings is 2. The number of ether oxygens (including phenoxy) is 1. The highest BCUT2D eigenvalue weighted by atomic mass is 19.4. The number of imide groups is 1. The van der Waals surface area contributed by atoms with Crippen LogP contribution in [0.5, 0.6) is 0 Å². The van der Waals surface area contributed by atoms with E-state index in [1.54, 1.807) is 18.2 Å². The van der Waals surface area contributed by atoms with Gasteiger partial charge in [-0.1, -0.05) is 32.0 Å². The van der Waals surface area contributed by atoms with E-state index >= 15 is 0 Å². The van der Waals surface area contributed by atoms with Crippen LogP contribution in [0.4, 0.5) is 28.0 Å². The molecule has 2 aliphatic carbocycles. The van der Waals surface area contributed by atoms with E-state index in [-0.39, 0.29) is 36.7 Å². The fourth-order valence-electron chi connectivity index (χ4n) is 5.72. The highest BCUT2D eigenvalue weighted by Crippen LogP contribution is 2.47. The lowest BCUT2D eigenvalue weighted by Crippen LogP contribution is -2.53. The van der Waals surface area contributed by atoms with Gasteiger partial charge in [-0.05, 0) is 66.5 Å². The molecule has 1 saturated carbocycles. The third kappa shape index (κ3) is 5.95. The Labute approximate surface area is 245 Å². The number of anilines is 1. The van der Waals surface area contributed by atoms with Gasteiger partial charge in [0.1, 0.15) is 18.4 Å². The number of hydrogen-bond acceptors (Lipinski definition) is 6. The average molecular weight is 605 g/mol. The Hall–Kier alpha value is -4.00. The highest BCUT2D eigenvalue weighted by Gasteiger charge is 2.59. The molecule has 1 saturated heterocycles. The van der Waals surface area contributed by atoms with Gasteiger partial charge < -0.3 is 20.7 Å². The predicted octanol–water partition coefficient (Wildman–Crippen LogP) is 4.24. The summed E-state index contributed by atoms with van der Waals surface area (Å²) in [6.07, 6.45) is -4.98. The van der Waals surface area contributed by atoms with Crippen molar-refractivity contribution in [3.8, 4) is 0 Å². The number of fused-ring (bicyclic) bond motifs is 2. The second-order valence-electron chi connectivity index (χ2n) is 11.7. The van der Waals surface area contributed by atoms with E-state index in [2.05, 4.69) is 5.32 Å². The van der Waals surface area contributed by atoms with Gasteiger partial charge >= 0.3 is 12.3 Å². The van der Waals surface area contributed by atoms with Crippen LogP contribution in [-0.4, -0.2) is 58.4 Å². The molecule has 1 heterocycles. The van der Waals surface area contributed by atoms with Crippen molar-refractivity contribution < 1.29 is 41.5 Å². The quantitative estimate of drug-likeness (QED) is 0.413. The number of nitrogens with zero attached hydrogens (tertiary/aromatic N) is 2. The predicted molar refractivity (Wildman–Crippen MR) is 146 cm³/mol. The molecule has 3 N–H and O–H groups in total. The zero-order valence-corrected chi connectivity index (χ0v) is 23.6. The fraction of sp³-hybridized carbons (Fsp3) is 0.467. The van der Waals surface area contributed by atoms with Crippen LogP contribution in [0.2, 0.25) is 0 Å². The molecule has 3 aliphatic rings. The Morgan fingerprint density at radius 1 is 1.14 bits per heavy atom. The van der Waals surface area contributed by atoms with E-state index in [9.17, 15) is 36.7 Å². The fourth-order valence-corrected chi connectivity index (χ4v) is 5.72. The van der Waals surface area contributed by atoms with Crippen LogP contribution < -0.4 is 11.1 Å². The monoisotopic (exact) mass is 604 g/mol. The number of carbonyl (C=O) groups is 4. The molecule has 3 atom stereocenters. The van der Waals surface area contributed by atoms with Crippen LogP contribution in [0.3, 0.4) is 0 Å². The third-order valence-electron chi connectivity index (χ3n) is 8.27. The van der Waals surface area contributed by atoms with Crippen LogP contribution in [-0.2, 0) is 37.7 Å². The highest BCUT2D eigenvalue weighted by molar-refractivity contribution is 6.06. The van der Waals surface area contributed by atoms with Crippen LogP contribution in [0.15, 0.2) is 42.5 Å². The van der Waals surface area contributed by atoms with Crippen LogP contribution >= 0.6 is 0 Å². The molecule has 5 rings (SSSR count). The zero-order valence-electron chi connectivity index (χ0n) is 23.6. The molecule has 9 nitrogen and oxygen atoms in total. The number of hydrogen-bond donors (Lipinski definition) is 2. The summed E-state index contributed by atoms with van der Waals surface area (Å²) in [6, 6.07) is 6.60. The third-order valence-corrected chi connectivity index (χ3v) is 8.27. The minimum absolute atomic E-state index is 0.0625. The number of aryl methyl sites for hydroxylation is 1. The van der Waals surface area contributed by atoms with Crippen LogP contribution in [0.25, 0.3) is 0 Å². The Bertz CT molecular complexity index is 1440. The summed E-state index contributed by atoms with van der Waals surface area (Å²) in [4.78, 5) is 53.7. The summed E-state index contributed by atoms with van der Waals surface area (Å²) in [5, 5.41) is 2.73. The van der Waals surface area contributed by atoms with Gasteiger partial charge in [-0.2, -0.15) is 13.2 Å². The molecule has 43 heavy (non-hydrogen) atoms. The summed E-state index contributed by atoms with van der Waals surface area (Å²) < 4.78 is 61.6. The molecule has 0 aromatic heterocycles. The van der Waals surface area contributed by atoms with Crippen molar-refractivity contribution in [1.29, 1.82) is 0 Å². The second-order valence-corrected chi connectivity index (χ2v) is 11.7. The maximum atomic E-state index is 14.2. The largest absolute Gasteiger partial charge is 0.427 e. The molecule has 1 spiro atoms. The number of halogens is 4. The van der Waals surface area contributed by atoms with Gasteiger partial charge in [0.25, 0.3) is 5.91 Å². The maximum absolute atomic E-state index is 14.2. The zero-order chi connectivity index (χ0) is 31.3. The Balaban J connectivity index is 1.37. The van der Waals surface area contributed by atoms with Gasteiger partial charge in [0, 0.05) is 24.2 Å². The van der Waals surface area contributed by atoms with E-state index in [1.807, 2.05) is 13.8 Å². The maximum Gasteiger partial charge on any atom is 0.418 e. The molecule has 2 unspecified atom stereocenters.